The van der Waals surface area contributed by atoms with E-state index >= 15 is 0 Å². The molecule has 1 aromatic rings. The van der Waals surface area contributed by atoms with Crippen molar-refractivity contribution in [3.63, 3.8) is 0 Å². The molecule has 0 spiro atoms. The Labute approximate surface area is 121 Å². The van der Waals surface area contributed by atoms with Crippen LogP contribution in [0.25, 0.3) is 0 Å². The topological polar surface area (TPSA) is 41.6 Å². The number of benzene rings is 1. The van der Waals surface area contributed by atoms with Crippen molar-refractivity contribution in [2.45, 2.75) is 32.7 Å². The standard InChI is InChI=1S/C16H24N2O2/c1-12(2)18(10-11-20-3)16(19)14-6-4-8-15-13(14)7-5-9-17-15/h4,6,8,12,17H,5,7,9-11H2,1-3H3. The molecule has 0 atom stereocenters. The van der Waals surface area contributed by atoms with Crippen molar-refractivity contribution in [1.82, 2.24) is 4.90 Å². The molecule has 0 bridgehead atoms. The number of nitrogens with one attached hydrogen (secondary N) is 1. The number of hydrogen-bond donors (Lipinski definition) is 1. The van der Waals surface area contributed by atoms with Gasteiger partial charge in [0.05, 0.1) is 6.61 Å². The molecular formula is C16H24N2O2. The lowest BCUT2D eigenvalue weighted by atomic mass is 9.96. The Bertz CT molecular complexity index is 472. The second-order valence-electron chi connectivity index (χ2n) is 5.45. The highest BCUT2D eigenvalue weighted by molar-refractivity contribution is 5.97. The molecule has 1 heterocycles. The summed E-state index contributed by atoms with van der Waals surface area (Å²) in [6.07, 6.45) is 2.05. The number of carbonyl (C=O) groups excluding carboxylic acids is 1. The summed E-state index contributed by atoms with van der Waals surface area (Å²) in [6, 6.07) is 6.13. The molecule has 1 aliphatic heterocycles. The van der Waals surface area contributed by atoms with Gasteiger partial charge in [0.1, 0.15) is 0 Å². The van der Waals surface area contributed by atoms with E-state index in [0.717, 1.165) is 36.2 Å². The quantitative estimate of drug-likeness (QED) is 0.898. The van der Waals surface area contributed by atoms with Gasteiger partial charge in [-0.3, -0.25) is 4.79 Å². The zero-order chi connectivity index (χ0) is 14.5. The van der Waals surface area contributed by atoms with Crippen molar-refractivity contribution >= 4 is 11.6 Å². The van der Waals surface area contributed by atoms with Crippen LogP contribution in [0.4, 0.5) is 5.69 Å². The van der Waals surface area contributed by atoms with Gasteiger partial charge >= 0.3 is 0 Å². The van der Waals surface area contributed by atoms with Gasteiger partial charge in [-0.15, -0.1) is 0 Å². The van der Waals surface area contributed by atoms with E-state index in [9.17, 15) is 4.79 Å². The first-order valence-electron chi connectivity index (χ1n) is 7.30. The van der Waals surface area contributed by atoms with Crippen LogP contribution in [0.3, 0.4) is 0 Å². The second-order valence-corrected chi connectivity index (χ2v) is 5.45. The fourth-order valence-electron chi connectivity index (χ4n) is 2.65. The number of hydrogen-bond acceptors (Lipinski definition) is 3. The van der Waals surface area contributed by atoms with E-state index in [4.69, 9.17) is 4.74 Å². The summed E-state index contributed by atoms with van der Waals surface area (Å²) in [4.78, 5) is 14.7. The second kappa shape index (κ2) is 6.75. The van der Waals surface area contributed by atoms with Crippen molar-refractivity contribution in [1.29, 1.82) is 0 Å². The average Bonchev–Trinajstić information content (AvgIpc) is 2.46. The minimum Gasteiger partial charge on any atom is -0.385 e. The molecule has 1 N–H and O–H groups in total. The highest BCUT2D eigenvalue weighted by Gasteiger charge is 2.23. The molecule has 1 aromatic carbocycles. The molecule has 0 saturated carbocycles. The van der Waals surface area contributed by atoms with Crippen LogP contribution >= 0.6 is 0 Å². The number of methoxy groups -OCH3 is 1. The summed E-state index contributed by atoms with van der Waals surface area (Å²) in [5.41, 5.74) is 3.10. The first kappa shape index (κ1) is 14.9. The van der Waals surface area contributed by atoms with Crippen LogP contribution in [0, 0.1) is 0 Å². The molecule has 2 rings (SSSR count). The normalized spacial score (nSPS) is 13.8. The van der Waals surface area contributed by atoms with E-state index in [1.54, 1.807) is 7.11 Å². The van der Waals surface area contributed by atoms with Crippen molar-refractivity contribution in [3.8, 4) is 0 Å². The van der Waals surface area contributed by atoms with Gasteiger partial charge in [-0.05, 0) is 44.4 Å². The molecule has 0 radical (unpaired) electrons. The van der Waals surface area contributed by atoms with Crippen LogP contribution in [0.5, 0.6) is 0 Å². The molecule has 110 valence electrons. The Balaban J connectivity index is 2.27. The predicted octanol–water partition coefficient (Wildman–Crippen LogP) is 2.54. The molecule has 4 nitrogen and oxygen atoms in total. The molecule has 4 heteroatoms. The van der Waals surface area contributed by atoms with Gasteiger partial charge in [0, 0.05) is 37.5 Å². The lowest BCUT2D eigenvalue weighted by molar-refractivity contribution is 0.0634. The van der Waals surface area contributed by atoms with Crippen molar-refractivity contribution in [3.05, 3.63) is 29.3 Å². The number of anilines is 1. The fourth-order valence-corrected chi connectivity index (χ4v) is 2.65. The number of ether oxygens (including phenoxy) is 1. The predicted molar refractivity (Wildman–Crippen MR) is 81.3 cm³/mol. The minimum atomic E-state index is 0.109. The lowest BCUT2D eigenvalue weighted by Crippen LogP contribution is -2.40. The molecule has 1 amide bonds. The van der Waals surface area contributed by atoms with E-state index in [0.29, 0.717) is 13.2 Å². The summed E-state index contributed by atoms with van der Waals surface area (Å²) in [6.45, 7) is 6.27. The Morgan fingerprint density at radius 3 is 2.95 bits per heavy atom. The highest BCUT2D eigenvalue weighted by atomic mass is 16.5. The van der Waals surface area contributed by atoms with Crippen molar-refractivity contribution < 1.29 is 9.53 Å². The Morgan fingerprint density at radius 1 is 1.45 bits per heavy atom. The van der Waals surface area contributed by atoms with Gasteiger partial charge in [0.25, 0.3) is 5.91 Å². The zero-order valence-corrected chi connectivity index (χ0v) is 12.6. The van der Waals surface area contributed by atoms with Gasteiger partial charge in [-0.2, -0.15) is 0 Å². The van der Waals surface area contributed by atoms with E-state index in [2.05, 4.69) is 11.4 Å². The SMILES string of the molecule is COCCN(C(=O)c1cccc2c1CCCN2)C(C)C. The number of carbonyl (C=O) groups is 1. The van der Waals surface area contributed by atoms with Gasteiger partial charge in [0.15, 0.2) is 0 Å². The maximum absolute atomic E-state index is 12.8. The van der Waals surface area contributed by atoms with Gasteiger partial charge < -0.3 is 15.0 Å². The zero-order valence-electron chi connectivity index (χ0n) is 12.6. The summed E-state index contributed by atoms with van der Waals surface area (Å²) in [7, 11) is 1.66. The van der Waals surface area contributed by atoms with Crippen LogP contribution in [0.2, 0.25) is 0 Å². The molecule has 0 unspecified atom stereocenters. The number of fused-ring (bicyclic) bond motifs is 1. The summed E-state index contributed by atoms with van der Waals surface area (Å²) in [5, 5.41) is 3.37. The van der Waals surface area contributed by atoms with E-state index in [1.165, 1.54) is 0 Å². The lowest BCUT2D eigenvalue weighted by Gasteiger charge is -2.29. The Kier molecular flexibility index (Phi) is 5.01. The number of rotatable bonds is 5. The molecular weight excluding hydrogens is 252 g/mol. The fraction of sp³-hybridized carbons (Fsp3) is 0.562. The van der Waals surface area contributed by atoms with Crippen molar-refractivity contribution in [2.24, 2.45) is 0 Å². The first-order chi connectivity index (χ1) is 9.65. The molecule has 0 saturated heterocycles. The van der Waals surface area contributed by atoms with E-state index in [1.807, 2.05) is 30.9 Å². The summed E-state index contributed by atoms with van der Waals surface area (Å²) >= 11 is 0. The third kappa shape index (κ3) is 3.12. The maximum atomic E-state index is 12.8. The number of nitrogens with zero attached hydrogens (tertiary/aromatic N) is 1. The average molecular weight is 276 g/mol. The largest absolute Gasteiger partial charge is 0.385 e. The van der Waals surface area contributed by atoms with Crippen LogP contribution in [-0.4, -0.2) is 43.7 Å². The summed E-state index contributed by atoms with van der Waals surface area (Å²) < 4.78 is 5.11. The minimum absolute atomic E-state index is 0.109. The highest BCUT2D eigenvalue weighted by Crippen LogP contribution is 2.26. The van der Waals surface area contributed by atoms with Crippen LogP contribution < -0.4 is 5.32 Å². The van der Waals surface area contributed by atoms with Gasteiger partial charge in [-0.25, -0.2) is 0 Å². The molecule has 0 fully saturated rings. The van der Waals surface area contributed by atoms with E-state index in [-0.39, 0.29) is 11.9 Å². The number of amides is 1. The molecule has 20 heavy (non-hydrogen) atoms. The first-order valence-corrected chi connectivity index (χ1v) is 7.30. The molecule has 1 aliphatic rings. The molecule has 0 aromatic heterocycles. The van der Waals surface area contributed by atoms with Crippen molar-refractivity contribution in [2.75, 3.05) is 32.1 Å². The maximum Gasteiger partial charge on any atom is 0.254 e. The van der Waals surface area contributed by atoms with E-state index < -0.39 is 0 Å². The Morgan fingerprint density at radius 2 is 2.25 bits per heavy atom. The van der Waals surface area contributed by atoms with Gasteiger partial charge in [-0.1, -0.05) is 6.07 Å². The third-order valence-electron chi connectivity index (χ3n) is 3.75. The Hall–Kier alpha value is -1.55. The smallest absolute Gasteiger partial charge is 0.254 e. The van der Waals surface area contributed by atoms with Crippen LogP contribution in [0.15, 0.2) is 18.2 Å². The molecule has 0 aliphatic carbocycles. The van der Waals surface area contributed by atoms with Crippen LogP contribution in [0.1, 0.15) is 36.2 Å². The summed E-state index contributed by atoms with van der Waals surface area (Å²) in [5.74, 6) is 0.109. The third-order valence-corrected chi connectivity index (χ3v) is 3.75. The monoisotopic (exact) mass is 276 g/mol. The van der Waals surface area contributed by atoms with Gasteiger partial charge in [0.2, 0.25) is 0 Å². The van der Waals surface area contributed by atoms with Crippen LogP contribution in [-0.2, 0) is 11.2 Å².